The van der Waals surface area contributed by atoms with Crippen LogP contribution < -0.4 is 16.0 Å². The SMILES string of the molecule is CCC(=O)Nc1ccc([S+]([O-])c2cccc(C)c2)cc1NC(=NC(=O)OC)NC(=O)OC. The van der Waals surface area contributed by atoms with Gasteiger partial charge in [0, 0.05) is 23.7 Å². The minimum absolute atomic E-state index is 0.222. The van der Waals surface area contributed by atoms with Crippen molar-refractivity contribution in [1.82, 2.24) is 5.32 Å². The summed E-state index contributed by atoms with van der Waals surface area (Å²) in [6.45, 7) is 3.58. The Hall–Kier alpha value is -3.57. The summed E-state index contributed by atoms with van der Waals surface area (Å²) in [5, 5.41) is 7.70. The number of guanidine groups is 1. The Balaban J connectivity index is 2.48. The van der Waals surface area contributed by atoms with Crippen molar-refractivity contribution < 1.29 is 28.4 Å². The minimum Gasteiger partial charge on any atom is -0.606 e. The summed E-state index contributed by atoms with van der Waals surface area (Å²) in [5.74, 6) is -0.581. The normalized spacial score (nSPS) is 11.8. The fraction of sp³-hybridized carbons (Fsp3) is 0.238. The second kappa shape index (κ2) is 11.7. The Labute approximate surface area is 188 Å². The maximum atomic E-state index is 13.1. The zero-order valence-electron chi connectivity index (χ0n) is 18.1. The highest BCUT2D eigenvalue weighted by Crippen LogP contribution is 2.29. The van der Waals surface area contributed by atoms with E-state index in [1.54, 1.807) is 37.3 Å². The molecule has 1 atom stereocenters. The lowest BCUT2D eigenvalue weighted by atomic mass is 10.2. The van der Waals surface area contributed by atoms with Gasteiger partial charge in [-0.15, -0.1) is 4.99 Å². The van der Waals surface area contributed by atoms with Gasteiger partial charge in [-0.2, -0.15) is 0 Å². The molecule has 0 aliphatic carbocycles. The van der Waals surface area contributed by atoms with Crippen LogP contribution in [0.2, 0.25) is 0 Å². The summed E-state index contributed by atoms with van der Waals surface area (Å²) in [5.41, 5.74) is 1.52. The number of methoxy groups -OCH3 is 2. The first-order valence-corrected chi connectivity index (χ1v) is 10.6. The molecular formula is C21H24N4O6S. The van der Waals surface area contributed by atoms with Gasteiger partial charge in [-0.25, -0.2) is 9.59 Å². The number of hydrogen-bond donors (Lipinski definition) is 3. The number of carbonyl (C=O) groups is 3. The number of anilines is 2. The van der Waals surface area contributed by atoms with Crippen molar-refractivity contribution in [2.45, 2.75) is 30.1 Å². The third kappa shape index (κ3) is 7.00. The number of carbonyl (C=O) groups excluding carboxylic acids is 3. The smallest absolute Gasteiger partial charge is 0.436 e. The lowest BCUT2D eigenvalue weighted by Crippen LogP contribution is -2.36. The van der Waals surface area contributed by atoms with E-state index in [4.69, 9.17) is 0 Å². The quantitative estimate of drug-likeness (QED) is 0.353. The van der Waals surface area contributed by atoms with Gasteiger partial charge in [-0.05, 0) is 36.8 Å². The Morgan fingerprint density at radius 2 is 1.72 bits per heavy atom. The van der Waals surface area contributed by atoms with Crippen LogP contribution in [0, 0.1) is 6.92 Å². The molecule has 2 aromatic carbocycles. The lowest BCUT2D eigenvalue weighted by molar-refractivity contribution is -0.115. The molecular weight excluding hydrogens is 436 g/mol. The zero-order chi connectivity index (χ0) is 23.7. The average Bonchev–Trinajstić information content (AvgIpc) is 2.79. The number of nitrogens with zero attached hydrogens (tertiary/aromatic N) is 1. The van der Waals surface area contributed by atoms with Gasteiger partial charge in [0.05, 0.1) is 25.6 Å². The van der Waals surface area contributed by atoms with Crippen LogP contribution in [0.3, 0.4) is 0 Å². The van der Waals surface area contributed by atoms with E-state index in [-0.39, 0.29) is 24.0 Å². The molecule has 0 saturated heterocycles. The summed E-state index contributed by atoms with van der Waals surface area (Å²) in [4.78, 5) is 39.9. The largest absolute Gasteiger partial charge is 0.606 e. The molecule has 2 rings (SSSR count). The molecule has 0 heterocycles. The number of ether oxygens (including phenoxy) is 2. The van der Waals surface area contributed by atoms with Crippen LogP contribution in [0.25, 0.3) is 0 Å². The third-order valence-corrected chi connectivity index (χ3v) is 5.40. The van der Waals surface area contributed by atoms with Crippen LogP contribution >= 0.6 is 0 Å². The number of aryl methyl sites for hydroxylation is 1. The lowest BCUT2D eigenvalue weighted by Gasteiger charge is -2.17. The molecule has 3 amide bonds. The molecule has 11 heteroatoms. The molecule has 0 spiro atoms. The predicted octanol–water partition coefficient (Wildman–Crippen LogP) is 3.40. The van der Waals surface area contributed by atoms with Crippen LogP contribution in [0.1, 0.15) is 18.9 Å². The highest BCUT2D eigenvalue weighted by atomic mass is 32.2. The maximum Gasteiger partial charge on any atom is 0.436 e. The summed E-state index contributed by atoms with van der Waals surface area (Å²) >= 11 is -1.53. The van der Waals surface area contributed by atoms with Crippen molar-refractivity contribution in [3.05, 3.63) is 48.0 Å². The number of rotatable bonds is 5. The first-order valence-electron chi connectivity index (χ1n) is 9.48. The molecule has 10 nitrogen and oxygen atoms in total. The van der Waals surface area contributed by atoms with Crippen molar-refractivity contribution >= 4 is 46.6 Å². The van der Waals surface area contributed by atoms with E-state index in [0.29, 0.717) is 15.5 Å². The predicted molar refractivity (Wildman–Crippen MR) is 120 cm³/mol. The summed E-state index contributed by atoms with van der Waals surface area (Å²) < 4.78 is 22.1. The molecule has 0 bridgehead atoms. The van der Waals surface area contributed by atoms with E-state index in [0.717, 1.165) is 19.8 Å². The Morgan fingerprint density at radius 1 is 1.00 bits per heavy atom. The van der Waals surface area contributed by atoms with Gasteiger partial charge in [-0.1, -0.05) is 19.1 Å². The van der Waals surface area contributed by atoms with Crippen molar-refractivity contribution in [3.8, 4) is 0 Å². The van der Waals surface area contributed by atoms with Crippen molar-refractivity contribution in [2.75, 3.05) is 24.9 Å². The number of nitrogens with one attached hydrogen (secondary N) is 3. The third-order valence-electron chi connectivity index (χ3n) is 4.04. The van der Waals surface area contributed by atoms with Crippen LogP contribution in [0.4, 0.5) is 21.0 Å². The minimum atomic E-state index is -1.53. The standard InChI is InChI=1S/C21H24N4O6S/c1-5-18(26)22-16-10-9-15(32(29)14-8-6-7-13(2)11-14)12-17(16)23-19(24-20(27)30-3)25-21(28)31-4/h6-12H,5H2,1-4H3,(H,22,26)(H2,23,24,25,27,28). The van der Waals surface area contributed by atoms with Gasteiger partial charge >= 0.3 is 12.2 Å². The molecule has 0 saturated carbocycles. The molecule has 0 fully saturated rings. The van der Waals surface area contributed by atoms with E-state index in [2.05, 4.69) is 30.4 Å². The fourth-order valence-electron chi connectivity index (χ4n) is 2.46. The molecule has 0 aromatic heterocycles. The molecule has 0 radical (unpaired) electrons. The Kier molecular flexibility index (Phi) is 9.05. The van der Waals surface area contributed by atoms with Crippen LogP contribution in [-0.4, -0.2) is 42.8 Å². The highest BCUT2D eigenvalue weighted by Gasteiger charge is 2.19. The number of alkyl carbamates (subject to hydrolysis) is 1. The van der Waals surface area contributed by atoms with Gasteiger partial charge in [0.25, 0.3) is 0 Å². The average molecular weight is 461 g/mol. The number of amides is 3. The van der Waals surface area contributed by atoms with Gasteiger partial charge in [0.15, 0.2) is 9.79 Å². The topological polar surface area (TPSA) is 141 Å². The van der Waals surface area contributed by atoms with E-state index < -0.39 is 23.4 Å². The van der Waals surface area contributed by atoms with Crippen LogP contribution in [0.15, 0.2) is 57.2 Å². The first kappa shape index (κ1) is 24.7. The first-order chi connectivity index (χ1) is 15.3. The fourth-order valence-corrected chi connectivity index (χ4v) is 3.64. The number of benzene rings is 2. The van der Waals surface area contributed by atoms with Gasteiger partial charge < -0.3 is 24.7 Å². The van der Waals surface area contributed by atoms with Gasteiger partial charge in [0.2, 0.25) is 11.9 Å². The highest BCUT2D eigenvalue weighted by molar-refractivity contribution is 7.91. The van der Waals surface area contributed by atoms with E-state index in [1.165, 1.54) is 6.07 Å². The molecule has 2 aromatic rings. The number of hydrogen-bond acceptors (Lipinski definition) is 6. The summed E-state index contributed by atoms with van der Waals surface area (Å²) in [6.07, 6.45) is -1.65. The molecule has 0 aliphatic heterocycles. The second-order valence-electron chi connectivity index (χ2n) is 6.37. The van der Waals surface area contributed by atoms with E-state index in [1.807, 2.05) is 13.0 Å². The molecule has 1 unspecified atom stereocenters. The molecule has 0 aliphatic rings. The summed E-state index contributed by atoms with van der Waals surface area (Å²) in [6, 6.07) is 11.9. The molecule has 170 valence electrons. The zero-order valence-corrected chi connectivity index (χ0v) is 18.9. The Morgan fingerprint density at radius 3 is 2.34 bits per heavy atom. The second-order valence-corrected chi connectivity index (χ2v) is 7.85. The number of aliphatic imine (C=N–C) groups is 1. The van der Waals surface area contributed by atoms with Gasteiger partial charge in [-0.3, -0.25) is 10.1 Å². The maximum absolute atomic E-state index is 13.1. The summed E-state index contributed by atoms with van der Waals surface area (Å²) in [7, 11) is 2.27. The van der Waals surface area contributed by atoms with E-state index in [9.17, 15) is 18.9 Å². The van der Waals surface area contributed by atoms with Crippen LogP contribution in [-0.2, 0) is 25.4 Å². The monoisotopic (exact) mass is 460 g/mol. The van der Waals surface area contributed by atoms with Crippen molar-refractivity contribution in [1.29, 1.82) is 0 Å². The Bertz CT molecular complexity index is 1030. The molecule has 32 heavy (non-hydrogen) atoms. The van der Waals surface area contributed by atoms with Crippen molar-refractivity contribution in [3.63, 3.8) is 0 Å². The van der Waals surface area contributed by atoms with E-state index >= 15 is 0 Å². The van der Waals surface area contributed by atoms with Crippen molar-refractivity contribution in [2.24, 2.45) is 4.99 Å². The van der Waals surface area contributed by atoms with Crippen LogP contribution in [0.5, 0.6) is 0 Å². The molecule has 3 N–H and O–H groups in total. The van der Waals surface area contributed by atoms with Gasteiger partial charge in [0.1, 0.15) is 0 Å².